The van der Waals surface area contributed by atoms with Crippen LogP contribution < -0.4 is 15.4 Å². The van der Waals surface area contributed by atoms with Gasteiger partial charge in [0.25, 0.3) is 5.91 Å². The number of amides is 1. The molecule has 0 saturated carbocycles. The van der Waals surface area contributed by atoms with Crippen molar-refractivity contribution in [2.75, 3.05) is 12.4 Å². The van der Waals surface area contributed by atoms with E-state index < -0.39 is 5.91 Å². The summed E-state index contributed by atoms with van der Waals surface area (Å²) in [5.74, 6) is 1.05. The van der Waals surface area contributed by atoms with E-state index in [0.717, 1.165) is 14.5 Å². The van der Waals surface area contributed by atoms with E-state index in [4.69, 9.17) is 21.4 Å². The van der Waals surface area contributed by atoms with E-state index in [1.54, 1.807) is 37.4 Å². The first-order chi connectivity index (χ1) is 13.0. The second-order valence-corrected chi connectivity index (χ2v) is 7.61. The fourth-order valence-electron chi connectivity index (χ4n) is 2.30. The molecule has 2 aromatic carbocycles. The largest absolute Gasteiger partial charge is 0.496 e. The van der Waals surface area contributed by atoms with Crippen LogP contribution in [0.4, 0.5) is 5.69 Å². The number of rotatable bonds is 4. The number of halogens is 2. The Bertz CT molecular complexity index is 987. The third-order valence-corrected chi connectivity index (χ3v) is 4.95. The molecule has 3 aromatic rings. The molecule has 0 unspecified atom stereocenters. The Morgan fingerprint density at radius 3 is 2.48 bits per heavy atom. The van der Waals surface area contributed by atoms with Crippen molar-refractivity contribution in [3.05, 3.63) is 69.3 Å². The molecule has 0 aliphatic rings. The first-order valence-electron chi connectivity index (χ1n) is 7.78. The van der Waals surface area contributed by atoms with Crippen LogP contribution in [-0.2, 0) is 0 Å². The first-order valence-corrected chi connectivity index (χ1v) is 9.77. The highest BCUT2D eigenvalue weighted by Gasteiger charge is 2.14. The van der Waals surface area contributed by atoms with E-state index in [2.05, 4.69) is 42.5 Å². The van der Waals surface area contributed by atoms with E-state index in [9.17, 15) is 4.79 Å². The van der Waals surface area contributed by atoms with Crippen molar-refractivity contribution in [3.63, 3.8) is 0 Å². The lowest BCUT2D eigenvalue weighted by atomic mass is 10.2. The average Bonchev–Trinajstić information content (AvgIpc) is 3.12. The second-order valence-electron chi connectivity index (χ2n) is 5.43. The number of furan rings is 1. The van der Waals surface area contributed by atoms with E-state index >= 15 is 0 Å². The Kier molecular flexibility index (Phi) is 6.30. The SMILES string of the molecule is COc1ccc(NC(=S)NC(=O)c2ccc(-c3ccc(Br)cc3)o2)cc1Br. The number of hydrogen-bond donors (Lipinski definition) is 2. The molecule has 138 valence electrons. The number of hydrogen-bond acceptors (Lipinski definition) is 4. The normalized spacial score (nSPS) is 10.3. The van der Waals surface area contributed by atoms with Crippen molar-refractivity contribution in [1.29, 1.82) is 0 Å². The zero-order valence-electron chi connectivity index (χ0n) is 14.1. The molecular weight excluding hydrogens is 496 g/mol. The highest BCUT2D eigenvalue weighted by atomic mass is 79.9. The molecule has 0 radical (unpaired) electrons. The van der Waals surface area contributed by atoms with Crippen molar-refractivity contribution in [3.8, 4) is 17.1 Å². The predicted molar refractivity (Wildman–Crippen MR) is 116 cm³/mol. The van der Waals surface area contributed by atoms with Gasteiger partial charge in [0.2, 0.25) is 0 Å². The maximum atomic E-state index is 12.3. The van der Waals surface area contributed by atoms with Crippen LogP contribution in [-0.4, -0.2) is 18.1 Å². The van der Waals surface area contributed by atoms with Crippen LogP contribution in [0.3, 0.4) is 0 Å². The Morgan fingerprint density at radius 1 is 1.07 bits per heavy atom. The van der Waals surface area contributed by atoms with Crippen LogP contribution in [0.15, 0.2) is 68.0 Å². The Hall–Kier alpha value is -2.16. The third kappa shape index (κ3) is 4.97. The maximum Gasteiger partial charge on any atom is 0.293 e. The fraction of sp³-hybridized carbons (Fsp3) is 0.0526. The van der Waals surface area contributed by atoms with Crippen LogP contribution in [0.25, 0.3) is 11.3 Å². The number of carbonyl (C=O) groups is 1. The Labute approximate surface area is 178 Å². The molecule has 1 heterocycles. The third-order valence-electron chi connectivity index (χ3n) is 3.60. The summed E-state index contributed by atoms with van der Waals surface area (Å²) in [5.41, 5.74) is 1.59. The Balaban J connectivity index is 1.64. The van der Waals surface area contributed by atoms with Crippen LogP contribution in [0, 0.1) is 0 Å². The zero-order chi connectivity index (χ0) is 19.4. The van der Waals surface area contributed by atoms with Crippen molar-refractivity contribution < 1.29 is 13.9 Å². The van der Waals surface area contributed by atoms with Gasteiger partial charge in [-0.05, 0) is 70.6 Å². The molecule has 3 rings (SSSR count). The number of nitrogens with one attached hydrogen (secondary N) is 2. The minimum Gasteiger partial charge on any atom is -0.496 e. The first kappa shape index (κ1) is 19.6. The van der Waals surface area contributed by atoms with Crippen molar-refractivity contribution in [1.82, 2.24) is 5.32 Å². The summed E-state index contributed by atoms with van der Waals surface area (Å²) in [4.78, 5) is 12.3. The van der Waals surface area contributed by atoms with Gasteiger partial charge in [-0.2, -0.15) is 0 Å². The monoisotopic (exact) mass is 508 g/mol. The number of methoxy groups -OCH3 is 1. The van der Waals surface area contributed by atoms with Crippen molar-refractivity contribution in [2.45, 2.75) is 0 Å². The molecule has 1 amide bonds. The number of benzene rings is 2. The molecule has 0 spiro atoms. The van der Waals surface area contributed by atoms with Gasteiger partial charge in [0.05, 0.1) is 11.6 Å². The zero-order valence-corrected chi connectivity index (χ0v) is 18.1. The second kappa shape index (κ2) is 8.69. The summed E-state index contributed by atoms with van der Waals surface area (Å²) in [5, 5.41) is 5.71. The van der Waals surface area contributed by atoms with Crippen molar-refractivity contribution >= 4 is 60.8 Å². The summed E-state index contributed by atoms with van der Waals surface area (Å²) >= 11 is 12.0. The molecule has 0 aliphatic heterocycles. The van der Waals surface area contributed by atoms with Gasteiger partial charge in [-0.15, -0.1) is 0 Å². The van der Waals surface area contributed by atoms with Crippen LogP contribution >= 0.6 is 44.1 Å². The smallest absolute Gasteiger partial charge is 0.293 e. The molecule has 8 heteroatoms. The lowest BCUT2D eigenvalue weighted by Gasteiger charge is -2.10. The van der Waals surface area contributed by atoms with Crippen molar-refractivity contribution in [2.24, 2.45) is 0 Å². The molecule has 2 N–H and O–H groups in total. The molecule has 1 aromatic heterocycles. The minimum atomic E-state index is -0.427. The van der Waals surface area contributed by atoms with Gasteiger partial charge in [0.15, 0.2) is 10.9 Å². The number of thiocarbonyl (C=S) groups is 1. The topological polar surface area (TPSA) is 63.5 Å². The fourth-order valence-corrected chi connectivity index (χ4v) is 3.32. The highest BCUT2D eigenvalue weighted by molar-refractivity contribution is 9.10. The quantitative estimate of drug-likeness (QED) is 0.448. The average molecular weight is 510 g/mol. The number of ether oxygens (including phenoxy) is 1. The molecule has 0 fully saturated rings. The Morgan fingerprint density at radius 2 is 1.81 bits per heavy atom. The van der Waals surface area contributed by atoms with Crippen LogP contribution in [0.5, 0.6) is 5.75 Å². The molecule has 0 saturated heterocycles. The van der Waals surface area contributed by atoms with Gasteiger partial charge in [-0.25, -0.2) is 0 Å². The van der Waals surface area contributed by atoms with Crippen LogP contribution in [0.1, 0.15) is 10.6 Å². The lowest BCUT2D eigenvalue weighted by molar-refractivity contribution is 0.0951. The standard InChI is InChI=1S/C19H14Br2N2O3S/c1-25-16-7-6-13(10-14(16)21)22-19(27)23-18(24)17-9-8-15(26-17)11-2-4-12(20)5-3-11/h2-10H,1H3,(H2,22,23,24,27). The molecule has 5 nitrogen and oxygen atoms in total. The molecule has 0 bridgehead atoms. The molecule has 0 atom stereocenters. The summed E-state index contributed by atoms with van der Waals surface area (Å²) in [6, 6.07) is 16.3. The van der Waals surface area contributed by atoms with E-state index in [1.165, 1.54) is 0 Å². The van der Waals surface area contributed by atoms with Gasteiger partial charge in [-0.3, -0.25) is 10.1 Å². The van der Waals surface area contributed by atoms with E-state index in [1.807, 2.05) is 24.3 Å². The van der Waals surface area contributed by atoms with Gasteiger partial charge in [-0.1, -0.05) is 28.1 Å². The predicted octanol–water partition coefficient (Wildman–Crippen LogP) is 5.61. The van der Waals surface area contributed by atoms with Gasteiger partial charge in [0, 0.05) is 15.7 Å². The summed E-state index contributed by atoms with van der Waals surface area (Å²) in [6.45, 7) is 0. The summed E-state index contributed by atoms with van der Waals surface area (Å²) < 4.78 is 12.6. The summed E-state index contributed by atoms with van der Waals surface area (Å²) in [7, 11) is 1.59. The van der Waals surface area contributed by atoms with E-state index in [0.29, 0.717) is 17.2 Å². The van der Waals surface area contributed by atoms with E-state index in [-0.39, 0.29) is 10.9 Å². The maximum absolute atomic E-state index is 12.3. The molecule has 0 aliphatic carbocycles. The van der Waals surface area contributed by atoms with Gasteiger partial charge < -0.3 is 14.5 Å². The molecular formula is C19H14Br2N2O3S. The van der Waals surface area contributed by atoms with Gasteiger partial charge in [0.1, 0.15) is 11.5 Å². The minimum absolute atomic E-state index is 0.165. The lowest BCUT2D eigenvalue weighted by Crippen LogP contribution is -2.33. The van der Waals surface area contributed by atoms with Gasteiger partial charge >= 0.3 is 0 Å². The highest BCUT2D eigenvalue weighted by Crippen LogP contribution is 2.28. The number of anilines is 1. The molecule has 27 heavy (non-hydrogen) atoms. The summed E-state index contributed by atoms with van der Waals surface area (Å²) in [6.07, 6.45) is 0. The number of carbonyl (C=O) groups excluding carboxylic acids is 1. The van der Waals surface area contributed by atoms with Crippen LogP contribution in [0.2, 0.25) is 0 Å².